The molecule has 2 saturated heterocycles. The van der Waals surface area contributed by atoms with Crippen molar-refractivity contribution in [2.45, 2.75) is 0 Å². The van der Waals surface area contributed by atoms with Gasteiger partial charge in [-0.05, 0) is 55.6 Å². The van der Waals surface area contributed by atoms with Crippen molar-refractivity contribution in [3.8, 4) is 0 Å². The van der Waals surface area contributed by atoms with E-state index in [-0.39, 0.29) is 11.7 Å². The van der Waals surface area contributed by atoms with Crippen molar-refractivity contribution in [3.63, 3.8) is 0 Å². The largest absolute Gasteiger partial charge is 0.369 e. The van der Waals surface area contributed by atoms with Gasteiger partial charge in [-0.15, -0.1) is 0 Å². The molecule has 2 aliphatic heterocycles. The highest BCUT2D eigenvalue weighted by atomic mass is 19.1. The molecular weight excluding hydrogens is 355 g/mol. The van der Waals surface area contributed by atoms with E-state index < -0.39 is 0 Å². The number of amides is 1. The van der Waals surface area contributed by atoms with E-state index >= 15 is 0 Å². The zero-order chi connectivity index (χ0) is 19.5. The summed E-state index contributed by atoms with van der Waals surface area (Å²) in [5.41, 5.74) is 3.03. The lowest BCUT2D eigenvalue weighted by Crippen LogP contribution is -2.48. The third-order valence-electron chi connectivity index (χ3n) is 5.74. The van der Waals surface area contributed by atoms with Gasteiger partial charge in [-0.3, -0.25) is 4.79 Å². The second kappa shape index (κ2) is 8.19. The Morgan fingerprint density at radius 3 is 1.68 bits per heavy atom. The number of rotatable bonds is 3. The molecule has 0 aromatic heterocycles. The molecule has 0 radical (unpaired) electrons. The van der Waals surface area contributed by atoms with E-state index in [4.69, 9.17) is 0 Å². The first-order valence-corrected chi connectivity index (χ1v) is 9.93. The van der Waals surface area contributed by atoms with Crippen LogP contribution < -0.4 is 9.80 Å². The second-order valence-electron chi connectivity index (χ2n) is 7.59. The summed E-state index contributed by atoms with van der Waals surface area (Å²) in [7, 11) is 2.17. The number of piperazine rings is 2. The van der Waals surface area contributed by atoms with E-state index in [0.29, 0.717) is 18.7 Å². The van der Waals surface area contributed by atoms with Crippen LogP contribution in [0.2, 0.25) is 0 Å². The SMILES string of the molecule is CN1CCN(c2ccc(N3CCN(C(=O)c4ccc(F)cc4)CC3)cc2)CC1. The maximum absolute atomic E-state index is 13.1. The first kappa shape index (κ1) is 18.7. The minimum absolute atomic E-state index is 0.0231. The Kier molecular flexibility index (Phi) is 5.48. The molecule has 0 bridgehead atoms. The smallest absolute Gasteiger partial charge is 0.253 e. The topological polar surface area (TPSA) is 30.0 Å². The van der Waals surface area contributed by atoms with Gasteiger partial charge in [0.15, 0.2) is 0 Å². The lowest BCUT2D eigenvalue weighted by Gasteiger charge is -2.37. The van der Waals surface area contributed by atoms with Crippen molar-refractivity contribution in [1.29, 1.82) is 0 Å². The van der Waals surface area contributed by atoms with Gasteiger partial charge in [0.05, 0.1) is 0 Å². The monoisotopic (exact) mass is 382 g/mol. The van der Waals surface area contributed by atoms with Gasteiger partial charge in [0.25, 0.3) is 5.91 Å². The number of nitrogens with zero attached hydrogens (tertiary/aromatic N) is 4. The summed E-state index contributed by atoms with van der Waals surface area (Å²) >= 11 is 0. The van der Waals surface area contributed by atoms with Crippen LogP contribution in [0.15, 0.2) is 48.5 Å². The summed E-state index contributed by atoms with van der Waals surface area (Å²) in [5.74, 6) is -0.341. The predicted molar refractivity (Wildman–Crippen MR) is 111 cm³/mol. The van der Waals surface area contributed by atoms with Crippen molar-refractivity contribution in [2.24, 2.45) is 0 Å². The molecule has 148 valence electrons. The Labute approximate surface area is 165 Å². The van der Waals surface area contributed by atoms with Crippen LogP contribution in [-0.2, 0) is 0 Å². The van der Waals surface area contributed by atoms with Crippen molar-refractivity contribution in [3.05, 3.63) is 59.9 Å². The molecule has 2 aliphatic rings. The van der Waals surface area contributed by atoms with Crippen LogP contribution in [0.25, 0.3) is 0 Å². The van der Waals surface area contributed by atoms with Crippen LogP contribution >= 0.6 is 0 Å². The molecule has 28 heavy (non-hydrogen) atoms. The van der Waals surface area contributed by atoms with E-state index in [1.54, 1.807) is 12.1 Å². The molecule has 2 heterocycles. The van der Waals surface area contributed by atoms with Crippen LogP contribution in [0.4, 0.5) is 15.8 Å². The molecule has 1 amide bonds. The molecule has 2 fully saturated rings. The Balaban J connectivity index is 1.33. The number of carbonyl (C=O) groups excluding carboxylic acids is 1. The average molecular weight is 382 g/mol. The minimum atomic E-state index is -0.318. The Morgan fingerprint density at radius 2 is 1.18 bits per heavy atom. The highest BCUT2D eigenvalue weighted by Crippen LogP contribution is 2.23. The summed E-state index contributed by atoms with van der Waals surface area (Å²) < 4.78 is 13.1. The van der Waals surface area contributed by atoms with Crippen LogP contribution in [0, 0.1) is 5.82 Å². The van der Waals surface area contributed by atoms with Gasteiger partial charge in [-0.25, -0.2) is 4.39 Å². The van der Waals surface area contributed by atoms with E-state index in [0.717, 1.165) is 39.3 Å². The lowest BCUT2D eigenvalue weighted by atomic mass is 10.1. The minimum Gasteiger partial charge on any atom is -0.369 e. The number of carbonyl (C=O) groups is 1. The van der Waals surface area contributed by atoms with Gasteiger partial charge >= 0.3 is 0 Å². The maximum atomic E-state index is 13.1. The summed E-state index contributed by atoms with van der Waals surface area (Å²) in [6, 6.07) is 14.6. The number of halogens is 1. The van der Waals surface area contributed by atoms with Gasteiger partial charge in [-0.2, -0.15) is 0 Å². The van der Waals surface area contributed by atoms with Crippen molar-refractivity contribution in [2.75, 3.05) is 69.2 Å². The molecule has 2 aromatic carbocycles. The first-order chi connectivity index (χ1) is 13.6. The molecule has 0 unspecified atom stereocenters. The summed E-state index contributed by atoms with van der Waals surface area (Å²) in [5, 5.41) is 0. The number of benzene rings is 2. The van der Waals surface area contributed by atoms with Gasteiger partial charge in [0, 0.05) is 69.3 Å². The maximum Gasteiger partial charge on any atom is 0.253 e. The van der Waals surface area contributed by atoms with E-state index in [1.807, 2.05) is 4.90 Å². The Bertz CT molecular complexity index is 792. The standard InChI is InChI=1S/C22H27FN4O/c1-24-10-12-25(13-11-24)20-6-8-21(9-7-20)26-14-16-27(17-15-26)22(28)18-2-4-19(23)5-3-18/h2-9H,10-17H2,1H3. The van der Waals surface area contributed by atoms with E-state index in [9.17, 15) is 9.18 Å². The summed E-state index contributed by atoms with van der Waals surface area (Å²) in [4.78, 5) is 21.5. The molecule has 5 nitrogen and oxygen atoms in total. The Hall–Kier alpha value is -2.60. The van der Waals surface area contributed by atoms with Crippen LogP contribution in [0.1, 0.15) is 10.4 Å². The van der Waals surface area contributed by atoms with Crippen LogP contribution in [-0.4, -0.2) is 75.1 Å². The molecule has 0 N–H and O–H groups in total. The molecule has 0 spiro atoms. The van der Waals surface area contributed by atoms with Gasteiger partial charge in [0.1, 0.15) is 5.82 Å². The first-order valence-electron chi connectivity index (χ1n) is 9.93. The normalized spacial score (nSPS) is 18.4. The third kappa shape index (κ3) is 4.12. The second-order valence-corrected chi connectivity index (χ2v) is 7.59. The molecule has 6 heteroatoms. The average Bonchev–Trinajstić information content (AvgIpc) is 2.75. The highest BCUT2D eigenvalue weighted by Gasteiger charge is 2.22. The number of hydrogen-bond acceptors (Lipinski definition) is 4. The number of anilines is 2. The fraction of sp³-hybridized carbons (Fsp3) is 0.409. The zero-order valence-corrected chi connectivity index (χ0v) is 16.4. The van der Waals surface area contributed by atoms with E-state index in [2.05, 4.69) is 46.0 Å². The van der Waals surface area contributed by atoms with Gasteiger partial charge in [0.2, 0.25) is 0 Å². The Morgan fingerprint density at radius 1 is 0.714 bits per heavy atom. The van der Waals surface area contributed by atoms with Crippen molar-refractivity contribution < 1.29 is 9.18 Å². The quantitative estimate of drug-likeness (QED) is 0.816. The van der Waals surface area contributed by atoms with Crippen LogP contribution in [0.3, 0.4) is 0 Å². The fourth-order valence-electron chi connectivity index (χ4n) is 3.88. The molecule has 0 saturated carbocycles. The highest BCUT2D eigenvalue weighted by molar-refractivity contribution is 5.94. The summed E-state index contributed by atoms with van der Waals surface area (Å²) in [6.07, 6.45) is 0. The van der Waals surface area contributed by atoms with E-state index in [1.165, 1.54) is 23.5 Å². The molecule has 4 rings (SSSR count). The molecule has 2 aromatic rings. The zero-order valence-electron chi connectivity index (χ0n) is 16.4. The fourth-order valence-corrected chi connectivity index (χ4v) is 3.88. The molecular formula is C22H27FN4O. The molecule has 0 atom stereocenters. The van der Waals surface area contributed by atoms with Gasteiger partial charge in [-0.1, -0.05) is 0 Å². The third-order valence-corrected chi connectivity index (χ3v) is 5.74. The van der Waals surface area contributed by atoms with Crippen molar-refractivity contribution >= 4 is 17.3 Å². The lowest BCUT2D eigenvalue weighted by molar-refractivity contribution is 0.0746. The number of likely N-dealkylation sites (N-methyl/N-ethyl adjacent to an activating group) is 1. The van der Waals surface area contributed by atoms with Crippen molar-refractivity contribution in [1.82, 2.24) is 9.80 Å². The predicted octanol–water partition coefficient (Wildman–Crippen LogP) is 2.54. The van der Waals surface area contributed by atoms with Crippen LogP contribution in [0.5, 0.6) is 0 Å². The number of hydrogen-bond donors (Lipinski definition) is 0. The molecule has 0 aliphatic carbocycles. The summed E-state index contributed by atoms with van der Waals surface area (Å²) in [6.45, 7) is 7.31. The van der Waals surface area contributed by atoms with Gasteiger partial charge < -0.3 is 19.6 Å².